The van der Waals surface area contributed by atoms with Crippen LogP contribution in [0.3, 0.4) is 0 Å². The molecule has 0 radical (unpaired) electrons. The molecule has 112 valence electrons. The molecule has 0 unspecified atom stereocenters. The first-order chi connectivity index (χ1) is 11.2. The van der Waals surface area contributed by atoms with Crippen LogP contribution >= 0.6 is 0 Å². The van der Waals surface area contributed by atoms with Gasteiger partial charge in [0.05, 0.1) is 17.4 Å². The normalized spacial score (nSPS) is 11.0. The van der Waals surface area contributed by atoms with Gasteiger partial charge in [0.1, 0.15) is 5.82 Å². The fraction of sp³-hybridized carbons (Fsp3) is 0.0556. The Morgan fingerprint density at radius 1 is 1.00 bits per heavy atom. The zero-order chi connectivity index (χ0) is 15.8. The molecular formula is C18H14N4O. The third kappa shape index (κ3) is 2.32. The first-order valence-electron chi connectivity index (χ1n) is 7.33. The van der Waals surface area contributed by atoms with E-state index in [1.54, 1.807) is 6.20 Å². The maximum absolute atomic E-state index is 12.6. The number of imidazole rings is 1. The molecule has 23 heavy (non-hydrogen) atoms. The predicted molar refractivity (Wildman–Crippen MR) is 89.7 cm³/mol. The molecular weight excluding hydrogens is 288 g/mol. The highest BCUT2D eigenvalue weighted by Crippen LogP contribution is 2.19. The van der Waals surface area contributed by atoms with Crippen molar-refractivity contribution in [2.45, 2.75) is 6.92 Å². The molecule has 2 heterocycles. The summed E-state index contributed by atoms with van der Waals surface area (Å²) in [5.74, 6) is 0.671. The Kier molecular flexibility index (Phi) is 3.05. The lowest BCUT2D eigenvalue weighted by Gasteiger charge is -2.02. The highest BCUT2D eigenvalue weighted by Gasteiger charge is 2.11. The van der Waals surface area contributed by atoms with Crippen LogP contribution in [0.2, 0.25) is 0 Å². The molecule has 1 N–H and O–H groups in total. The molecule has 4 rings (SSSR count). The summed E-state index contributed by atoms with van der Waals surface area (Å²) < 4.78 is 1.36. The summed E-state index contributed by atoms with van der Waals surface area (Å²) in [6.07, 6.45) is 1.63. The van der Waals surface area contributed by atoms with Gasteiger partial charge in [-0.2, -0.15) is 9.78 Å². The third-order valence-electron chi connectivity index (χ3n) is 3.75. The van der Waals surface area contributed by atoms with Crippen molar-refractivity contribution in [1.29, 1.82) is 0 Å². The summed E-state index contributed by atoms with van der Waals surface area (Å²) in [6, 6.07) is 17.3. The second kappa shape index (κ2) is 5.21. The van der Waals surface area contributed by atoms with Gasteiger partial charge in [-0.25, -0.2) is 4.98 Å². The largest absolute Gasteiger partial charge is 0.336 e. The number of hydrogen-bond acceptors (Lipinski definition) is 3. The number of rotatable bonds is 2. The van der Waals surface area contributed by atoms with E-state index in [0.29, 0.717) is 16.9 Å². The van der Waals surface area contributed by atoms with Crippen LogP contribution in [0.4, 0.5) is 0 Å². The van der Waals surface area contributed by atoms with Gasteiger partial charge < -0.3 is 4.98 Å². The summed E-state index contributed by atoms with van der Waals surface area (Å²) in [4.78, 5) is 20.3. The average molecular weight is 302 g/mol. The van der Waals surface area contributed by atoms with Crippen molar-refractivity contribution in [2.24, 2.45) is 0 Å². The van der Waals surface area contributed by atoms with E-state index in [9.17, 15) is 4.79 Å². The second-order valence-electron chi connectivity index (χ2n) is 5.41. The van der Waals surface area contributed by atoms with Gasteiger partial charge in [0.2, 0.25) is 0 Å². The first kappa shape index (κ1) is 13.5. The number of para-hydroxylation sites is 1. The Bertz CT molecular complexity index is 1030. The van der Waals surface area contributed by atoms with Crippen LogP contribution in [0.5, 0.6) is 0 Å². The Morgan fingerprint density at radius 3 is 2.48 bits per heavy atom. The summed E-state index contributed by atoms with van der Waals surface area (Å²) in [5, 5.41) is 4.23. The summed E-state index contributed by atoms with van der Waals surface area (Å²) in [5.41, 5.74) is 3.63. The molecule has 0 saturated heterocycles. The van der Waals surface area contributed by atoms with Crippen molar-refractivity contribution in [3.8, 4) is 17.1 Å². The number of aromatic amines is 1. The van der Waals surface area contributed by atoms with Crippen LogP contribution < -0.4 is 5.56 Å². The topological polar surface area (TPSA) is 63.6 Å². The quantitative estimate of drug-likeness (QED) is 0.619. The number of H-pyrrole nitrogens is 1. The van der Waals surface area contributed by atoms with E-state index in [4.69, 9.17) is 0 Å². The zero-order valence-electron chi connectivity index (χ0n) is 12.5. The van der Waals surface area contributed by atoms with Crippen molar-refractivity contribution in [2.75, 3.05) is 0 Å². The average Bonchev–Trinajstić information content (AvgIpc) is 3.02. The Hall–Kier alpha value is -3.21. The third-order valence-corrected chi connectivity index (χ3v) is 3.75. The fourth-order valence-corrected chi connectivity index (χ4v) is 2.51. The molecule has 0 aliphatic carbocycles. The molecule has 0 bridgehead atoms. The van der Waals surface area contributed by atoms with Crippen molar-refractivity contribution in [1.82, 2.24) is 19.7 Å². The SMILES string of the molecule is Cc1ccc(-c2nc3c(=O)n(-c4ccccc4)ncc3[nH]2)cc1. The van der Waals surface area contributed by atoms with Crippen LogP contribution in [-0.2, 0) is 0 Å². The maximum Gasteiger partial charge on any atom is 0.299 e. The van der Waals surface area contributed by atoms with Gasteiger partial charge in [-0.15, -0.1) is 0 Å². The number of nitrogens with one attached hydrogen (secondary N) is 1. The summed E-state index contributed by atoms with van der Waals surface area (Å²) >= 11 is 0. The lowest BCUT2D eigenvalue weighted by Crippen LogP contribution is -2.20. The Labute approximate surface area is 132 Å². The zero-order valence-corrected chi connectivity index (χ0v) is 12.5. The minimum Gasteiger partial charge on any atom is -0.336 e. The number of aryl methyl sites for hydroxylation is 1. The monoisotopic (exact) mass is 302 g/mol. The minimum absolute atomic E-state index is 0.233. The highest BCUT2D eigenvalue weighted by atomic mass is 16.1. The maximum atomic E-state index is 12.6. The standard InChI is InChI=1S/C18H14N4O/c1-12-7-9-13(10-8-12)17-20-15-11-19-22(18(23)16(15)21-17)14-5-3-2-4-6-14/h2-11H,1H3,(H,20,21). The van der Waals surface area contributed by atoms with Gasteiger partial charge >= 0.3 is 0 Å². The van der Waals surface area contributed by atoms with E-state index in [1.165, 1.54) is 10.2 Å². The van der Waals surface area contributed by atoms with Crippen molar-refractivity contribution >= 4 is 11.0 Å². The van der Waals surface area contributed by atoms with E-state index in [2.05, 4.69) is 15.1 Å². The number of aromatic nitrogens is 4. The van der Waals surface area contributed by atoms with Gasteiger partial charge in [0.15, 0.2) is 5.52 Å². The van der Waals surface area contributed by atoms with E-state index in [-0.39, 0.29) is 5.56 Å². The minimum atomic E-state index is -0.233. The van der Waals surface area contributed by atoms with E-state index >= 15 is 0 Å². The van der Waals surface area contributed by atoms with E-state index in [0.717, 1.165) is 11.3 Å². The van der Waals surface area contributed by atoms with Gasteiger partial charge in [0, 0.05) is 5.56 Å². The van der Waals surface area contributed by atoms with E-state index in [1.807, 2.05) is 61.5 Å². The van der Waals surface area contributed by atoms with Crippen LogP contribution in [0, 0.1) is 6.92 Å². The van der Waals surface area contributed by atoms with Gasteiger partial charge in [-0.05, 0) is 19.1 Å². The number of nitrogens with zero attached hydrogens (tertiary/aromatic N) is 3. The molecule has 0 atom stereocenters. The predicted octanol–water partition coefficient (Wildman–Crippen LogP) is 3.08. The molecule has 4 aromatic rings. The van der Waals surface area contributed by atoms with Crippen molar-refractivity contribution in [3.05, 3.63) is 76.7 Å². The molecule has 2 aromatic heterocycles. The first-order valence-corrected chi connectivity index (χ1v) is 7.33. The van der Waals surface area contributed by atoms with Crippen LogP contribution in [-0.4, -0.2) is 19.7 Å². The fourth-order valence-electron chi connectivity index (χ4n) is 2.51. The second-order valence-corrected chi connectivity index (χ2v) is 5.41. The van der Waals surface area contributed by atoms with E-state index < -0.39 is 0 Å². The molecule has 0 aliphatic heterocycles. The molecule has 5 nitrogen and oxygen atoms in total. The number of fused-ring (bicyclic) bond motifs is 1. The Balaban J connectivity index is 1.88. The van der Waals surface area contributed by atoms with Crippen molar-refractivity contribution < 1.29 is 0 Å². The molecule has 0 aliphatic rings. The molecule has 0 saturated carbocycles. The lowest BCUT2D eigenvalue weighted by molar-refractivity contribution is 0.818. The highest BCUT2D eigenvalue weighted by molar-refractivity contribution is 5.77. The Morgan fingerprint density at radius 2 is 1.74 bits per heavy atom. The van der Waals surface area contributed by atoms with Gasteiger partial charge in [0.25, 0.3) is 5.56 Å². The molecule has 0 spiro atoms. The lowest BCUT2D eigenvalue weighted by atomic mass is 10.1. The van der Waals surface area contributed by atoms with Crippen LogP contribution in [0.15, 0.2) is 65.6 Å². The van der Waals surface area contributed by atoms with Gasteiger partial charge in [-0.3, -0.25) is 4.79 Å². The molecule has 2 aromatic carbocycles. The molecule has 0 amide bonds. The summed E-state index contributed by atoms with van der Waals surface area (Å²) in [6.45, 7) is 2.03. The smallest absolute Gasteiger partial charge is 0.299 e. The van der Waals surface area contributed by atoms with Gasteiger partial charge in [-0.1, -0.05) is 48.0 Å². The van der Waals surface area contributed by atoms with Crippen molar-refractivity contribution in [3.63, 3.8) is 0 Å². The molecule has 0 fully saturated rings. The number of hydrogen-bond donors (Lipinski definition) is 1. The molecule has 5 heteroatoms. The summed E-state index contributed by atoms with van der Waals surface area (Å²) in [7, 11) is 0. The number of benzene rings is 2. The van der Waals surface area contributed by atoms with Crippen LogP contribution in [0.1, 0.15) is 5.56 Å². The van der Waals surface area contributed by atoms with Crippen LogP contribution in [0.25, 0.3) is 28.1 Å².